The number of amides is 1. The van der Waals surface area contributed by atoms with Crippen molar-refractivity contribution in [2.75, 3.05) is 32.8 Å². The molecule has 0 aliphatic carbocycles. The second-order valence-electron chi connectivity index (χ2n) is 5.77. The van der Waals surface area contributed by atoms with Gasteiger partial charge in [0.15, 0.2) is 0 Å². The quantitative estimate of drug-likeness (QED) is 0.825. The molecule has 2 aliphatic heterocycles. The van der Waals surface area contributed by atoms with Gasteiger partial charge in [-0.05, 0) is 12.5 Å². The van der Waals surface area contributed by atoms with Gasteiger partial charge in [0.2, 0.25) is 5.91 Å². The Labute approximate surface area is 119 Å². The lowest BCUT2D eigenvalue weighted by molar-refractivity contribution is -0.143. The van der Waals surface area contributed by atoms with E-state index in [1.807, 2.05) is 24.3 Å². The Hall–Kier alpha value is -1.40. The maximum Gasteiger partial charge on any atom is 0.228 e. The average molecular weight is 278 g/mol. The minimum absolute atomic E-state index is 0.0137. The van der Waals surface area contributed by atoms with E-state index in [2.05, 4.69) is 17.3 Å². The molecule has 0 spiro atoms. The highest BCUT2D eigenvalue weighted by Crippen LogP contribution is 2.30. The van der Waals surface area contributed by atoms with Crippen LogP contribution < -0.4 is 5.32 Å². The number of aromatic nitrogens is 2. The molecule has 3 rings (SSSR count). The Morgan fingerprint density at radius 2 is 2.35 bits per heavy atom. The van der Waals surface area contributed by atoms with Crippen molar-refractivity contribution in [1.29, 1.82) is 0 Å². The molecular weight excluding hydrogens is 256 g/mol. The van der Waals surface area contributed by atoms with E-state index in [0.717, 1.165) is 18.7 Å². The molecule has 2 fully saturated rings. The van der Waals surface area contributed by atoms with Gasteiger partial charge in [-0.1, -0.05) is 0 Å². The smallest absolute Gasteiger partial charge is 0.228 e. The summed E-state index contributed by atoms with van der Waals surface area (Å²) < 4.78 is 7.21. The van der Waals surface area contributed by atoms with Gasteiger partial charge in [0.25, 0.3) is 0 Å². The molecule has 1 aromatic heterocycles. The van der Waals surface area contributed by atoms with E-state index in [9.17, 15) is 4.79 Å². The first kappa shape index (κ1) is 13.6. The number of nitrogens with one attached hydrogen (secondary N) is 1. The van der Waals surface area contributed by atoms with E-state index >= 15 is 0 Å². The fourth-order valence-electron chi connectivity index (χ4n) is 3.19. The van der Waals surface area contributed by atoms with Crippen molar-refractivity contribution in [2.45, 2.75) is 18.9 Å². The zero-order chi connectivity index (χ0) is 14.1. The summed E-state index contributed by atoms with van der Waals surface area (Å²) in [6.07, 6.45) is 3.89. The van der Waals surface area contributed by atoms with E-state index in [4.69, 9.17) is 4.74 Å². The number of nitrogens with zero attached hydrogens (tertiary/aromatic N) is 3. The van der Waals surface area contributed by atoms with Crippen LogP contribution in [-0.2, 0) is 16.6 Å². The number of carbonyl (C=O) groups excluding carboxylic acids is 1. The van der Waals surface area contributed by atoms with Crippen LogP contribution >= 0.6 is 0 Å². The standard InChI is InChI=1S/C14H22N4O2/c1-10-9-20-4-3-18(10)14(19)13-7-15-6-12(13)11-5-16-17(2)8-11/h5,8,10,12-13,15H,3-4,6-7,9H2,1-2H3/t10?,12-,13+/m1/s1. The third-order valence-corrected chi connectivity index (χ3v) is 4.34. The van der Waals surface area contributed by atoms with E-state index in [-0.39, 0.29) is 23.8 Å². The molecule has 0 saturated carbocycles. The van der Waals surface area contributed by atoms with Gasteiger partial charge < -0.3 is 15.0 Å². The molecule has 110 valence electrons. The van der Waals surface area contributed by atoms with E-state index in [1.165, 1.54) is 0 Å². The molecule has 1 N–H and O–H groups in total. The summed E-state index contributed by atoms with van der Waals surface area (Å²) in [5.41, 5.74) is 1.15. The first-order valence-electron chi connectivity index (χ1n) is 7.24. The molecule has 2 saturated heterocycles. The number of rotatable bonds is 2. The summed E-state index contributed by atoms with van der Waals surface area (Å²) in [4.78, 5) is 14.8. The highest BCUT2D eigenvalue weighted by molar-refractivity contribution is 5.81. The van der Waals surface area contributed by atoms with Crippen molar-refractivity contribution in [1.82, 2.24) is 20.0 Å². The van der Waals surface area contributed by atoms with Crippen molar-refractivity contribution in [3.8, 4) is 0 Å². The summed E-state index contributed by atoms with van der Waals surface area (Å²) >= 11 is 0. The lowest BCUT2D eigenvalue weighted by atomic mass is 9.89. The summed E-state index contributed by atoms with van der Waals surface area (Å²) in [7, 11) is 1.91. The van der Waals surface area contributed by atoms with Crippen LogP contribution in [0.5, 0.6) is 0 Å². The normalized spacial score (nSPS) is 30.7. The number of hydrogen-bond acceptors (Lipinski definition) is 4. The molecule has 6 heteroatoms. The summed E-state index contributed by atoms with van der Waals surface area (Å²) in [6, 6.07) is 0.173. The molecular formula is C14H22N4O2. The first-order valence-corrected chi connectivity index (χ1v) is 7.24. The number of carbonyl (C=O) groups is 1. The molecule has 0 bridgehead atoms. The van der Waals surface area contributed by atoms with Crippen molar-refractivity contribution in [2.24, 2.45) is 13.0 Å². The molecule has 1 aromatic rings. The van der Waals surface area contributed by atoms with E-state index in [1.54, 1.807) is 4.68 Å². The molecule has 0 radical (unpaired) electrons. The minimum atomic E-state index is 0.0137. The second kappa shape index (κ2) is 5.54. The van der Waals surface area contributed by atoms with Gasteiger partial charge in [-0.2, -0.15) is 5.10 Å². The summed E-state index contributed by atoms with van der Waals surface area (Å²) in [5.74, 6) is 0.491. The highest BCUT2D eigenvalue weighted by Gasteiger charge is 2.38. The lowest BCUT2D eigenvalue weighted by Gasteiger charge is -2.36. The predicted octanol–water partition coefficient (Wildman–Crippen LogP) is -0.0296. The van der Waals surface area contributed by atoms with Gasteiger partial charge in [-0.15, -0.1) is 0 Å². The molecule has 2 aliphatic rings. The van der Waals surface area contributed by atoms with Crippen LogP contribution in [-0.4, -0.2) is 59.5 Å². The summed E-state index contributed by atoms with van der Waals surface area (Å²) in [5, 5.41) is 7.58. The van der Waals surface area contributed by atoms with Crippen molar-refractivity contribution >= 4 is 5.91 Å². The SMILES string of the molecule is CC1COCCN1C(=O)[C@H]1CNC[C@@H]1c1cnn(C)c1. The van der Waals surface area contributed by atoms with Crippen LogP contribution in [0.2, 0.25) is 0 Å². The van der Waals surface area contributed by atoms with Crippen LogP contribution in [0.4, 0.5) is 0 Å². The largest absolute Gasteiger partial charge is 0.377 e. The molecule has 1 unspecified atom stereocenters. The minimum Gasteiger partial charge on any atom is -0.377 e. The zero-order valence-electron chi connectivity index (χ0n) is 12.1. The maximum absolute atomic E-state index is 12.8. The summed E-state index contributed by atoms with van der Waals surface area (Å²) in [6.45, 7) is 5.65. The Kier molecular flexibility index (Phi) is 3.76. The number of aryl methyl sites for hydroxylation is 1. The van der Waals surface area contributed by atoms with Crippen LogP contribution in [0, 0.1) is 5.92 Å². The van der Waals surface area contributed by atoms with Crippen LogP contribution in [0.15, 0.2) is 12.4 Å². The Morgan fingerprint density at radius 1 is 1.50 bits per heavy atom. The fourth-order valence-corrected chi connectivity index (χ4v) is 3.19. The number of morpholine rings is 1. The van der Waals surface area contributed by atoms with Gasteiger partial charge in [0.05, 0.1) is 31.4 Å². The predicted molar refractivity (Wildman–Crippen MR) is 74.3 cm³/mol. The third kappa shape index (κ3) is 2.45. The Bertz CT molecular complexity index is 487. The zero-order valence-corrected chi connectivity index (χ0v) is 12.1. The number of ether oxygens (including phenoxy) is 1. The van der Waals surface area contributed by atoms with Gasteiger partial charge in [0.1, 0.15) is 0 Å². The number of hydrogen-bond donors (Lipinski definition) is 1. The molecule has 3 atom stereocenters. The van der Waals surface area contributed by atoms with Crippen LogP contribution in [0.3, 0.4) is 0 Å². The lowest BCUT2D eigenvalue weighted by Crippen LogP contribution is -2.50. The molecule has 6 nitrogen and oxygen atoms in total. The van der Waals surface area contributed by atoms with Crippen molar-refractivity contribution in [3.63, 3.8) is 0 Å². The van der Waals surface area contributed by atoms with Gasteiger partial charge >= 0.3 is 0 Å². The van der Waals surface area contributed by atoms with Crippen molar-refractivity contribution in [3.05, 3.63) is 18.0 Å². The van der Waals surface area contributed by atoms with Gasteiger partial charge in [-0.3, -0.25) is 9.48 Å². The average Bonchev–Trinajstić information content (AvgIpc) is 3.06. The Balaban J connectivity index is 1.76. The van der Waals surface area contributed by atoms with Gasteiger partial charge in [0, 0.05) is 38.8 Å². The van der Waals surface area contributed by atoms with Crippen molar-refractivity contribution < 1.29 is 9.53 Å². The van der Waals surface area contributed by atoms with Crippen LogP contribution in [0.1, 0.15) is 18.4 Å². The fraction of sp³-hybridized carbons (Fsp3) is 0.714. The second-order valence-corrected chi connectivity index (χ2v) is 5.77. The maximum atomic E-state index is 12.8. The highest BCUT2D eigenvalue weighted by atomic mass is 16.5. The topological polar surface area (TPSA) is 59.4 Å². The molecule has 20 heavy (non-hydrogen) atoms. The van der Waals surface area contributed by atoms with Crippen LogP contribution in [0.25, 0.3) is 0 Å². The molecule has 0 aromatic carbocycles. The molecule has 3 heterocycles. The first-order chi connectivity index (χ1) is 9.66. The molecule has 1 amide bonds. The monoisotopic (exact) mass is 278 g/mol. The van der Waals surface area contributed by atoms with E-state index < -0.39 is 0 Å². The third-order valence-electron chi connectivity index (χ3n) is 4.34. The van der Waals surface area contributed by atoms with E-state index in [0.29, 0.717) is 19.8 Å². The Morgan fingerprint density at radius 3 is 3.05 bits per heavy atom. The van der Waals surface area contributed by atoms with Gasteiger partial charge in [-0.25, -0.2) is 0 Å².